The van der Waals surface area contributed by atoms with Crippen LogP contribution in [0.25, 0.3) is 55.4 Å². The molecule has 4 N–H and O–H groups in total. The lowest BCUT2D eigenvalue weighted by Crippen LogP contribution is -2.19. The van der Waals surface area contributed by atoms with Crippen LogP contribution in [0.1, 0.15) is 51.1 Å². The zero-order valence-corrected chi connectivity index (χ0v) is 30.9. The highest BCUT2D eigenvalue weighted by atomic mass is 16.2. The van der Waals surface area contributed by atoms with Crippen LogP contribution >= 0.6 is 0 Å². The number of fused-ring (bicyclic) bond motifs is 4. The van der Waals surface area contributed by atoms with Crippen LogP contribution in [-0.2, 0) is 29.7 Å². The summed E-state index contributed by atoms with van der Waals surface area (Å²) >= 11 is 0. The van der Waals surface area contributed by atoms with Gasteiger partial charge in [0.2, 0.25) is 11.8 Å². The number of carbonyl (C=O) groups is 2. The zero-order chi connectivity index (χ0) is 37.4. The van der Waals surface area contributed by atoms with Gasteiger partial charge in [-0.25, -0.2) is 0 Å². The van der Waals surface area contributed by atoms with Gasteiger partial charge in [-0.2, -0.15) is 15.3 Å². The number of hydrogen-bond acceptors (Lipinski definition) is 8. The van der Waals surface area contributed by atoms with Crippen LogP contribution in [0.5, 0.6) is 0 Å². The second-order valence-corrected chi connectivity index (χ2v) is 15.2. The summed E-state index contributed by atoms with van der Waals surface area (Å²) < 4.78 is 5.98. The van der Waals surface area contributed by atoms with Crippen molar-refractivity contribution in [1.82, 2.24) is 34.3 Å². The second-order valence-electron chi connectivity index (χ2n) is 15.2. The van der Waals surface area contributed by atoms with E-state index in [1.165, 1.54) is 5.39 Å². The zero-order valence-electron chi connectivity index (χ0n) is 30.9. The van der Waals surface area contributed by atoms with Crippen molar-refractivity contribution in [2.24, 2.45) is 7.05 Å². The molecule has 7 aromatic rings. The van der Waals surface area contributed by atoms with Crippen LogP contribution in [-0.4, -0.2) is 58.2 Å². The number of aromatic nitrogens is 7. The Kier molecular flexibility index (Phi) is 7.72. The number of nitrogens with one attached hydrogen (secondary N) is 4. The highest BCUT2D eigenvalue weighted by Gasteiger charge is 2.30. The van der Waals surface area contributed by atoms with Gasteiger partial charge < -0.3 is 21.3 Å². The Balaban J connectivity index is 0.939. The Bertz CT molecular complexity index is 2680. The summed E-state index contributed by atoms with van der Waals surface area (Å²) in [6.45, 7) is 5.35. The van der Waals surface area contributed by atoms with E-state index in [1.807, 2.05) is 54.7 Å². The van der Waals surface area contributed by atoms with E-state index < -0.39 is 0 Å². The van der Waals surface area contributed by atoms with E-state index in [0.29, 0.717) is 31.8 Å². The quantitative estimate of drug-likeness (QED) is 0.133. The van der Waals surface area contributed by atoms with Crippen molar-refractivity contribution in [2.75, 3.05) is 21.3 Å². The fourth-order valence-electron chi connectivity index (χ4n) is 8.17. The largest absolute Gasteiger partial charge is 0.380 e. The summed E-state index contributed by atoms with van der Waals surface area (Å²) in [5, 5.41) is 30.2. The van der Waals surface area contributed by atoms with Crippen molar-refractivity contribution in [3.05, 3.63) is 84.9 Å². The standard InChI is InChI=1S/C42H41N11O2/c1-23-17-36(54)47-32-6-4-5-29(41(32)45-23)26-9-12-35-31(19-26)38(25-7-8-25)50-53(35)16-15-52-22-28(21-44-52)39-30-20-27(10-11-34(30)51(3)49-39)40-42-33(13-14-43-40)48-37(55)18-24(2)46-42/h4-6,9-14,19-25,45-46H,7-8,15-18H2,1-3H3,(H,47,54)(H,48,55)/t23-,24-/m1/s1. The van der Waals surface area contributed by atoms with Crippen LogP contribution in [0.4, 0.5) is 22.7 Å². The molecule has 6 heterocycles. The maximum absolute atomic E-state index is 12.4. The predicted molar refractivity (Wildman–Crippen MR) is 215 cm³/mol. The van der Waals surface area contributed by atoms with Crippen molar-refractivity contribution in [3.63, 3.8) is 0 Å². The number of pyridine rings is 1. The molecule has 2 amide bonds. The lowest BCUT2D eigenvalue weighted by atomic mass is 9.99. The number of carbonyl (C=O) groups excluding carboxylic acids is 2. The number of nitrogens with zero attached hydrogens (tertiary/aromatic N) is 7. The molecule has 3 aliphatic rings. The van der Waals surface area contributed by atoms with Gasteiger partial charge in [0.15, 0.2) is 0 Å². The molecule has 1 fully saturated rings. The van der Waals surface area contributed by atoms with Gasteiger partial charge in [-0.3, -0.25) is 28.6 Å². The maximum atomic E-state index is 12.4. The molecule has 0 spiro atoms. The summed E-state index contributed by atoms with van der Waals surface area (Å²) in [6.07, 6.45) is 8.79. The van der Waals surface area contributed by atoms with E-state index in [0.717, 1.165) is 91.3 Å². The molecule has 1 saturated carbocycles. The molecule has 10 rings (SSSR count). The average molecular weight is 732 g/mol. The van der Waals surface area contributed by atoms with Gasteiger partial charge in [-0.1, -0.05) is 24.3 Å². The van der Waals surface area contributed by atoms with Gasteiger partial charge >= 0.3 is 0 Å². The van der Waals surface area contributed by atoms with Gasteiger partial charge in [0, 0.05) is 77.7 Å². The Labute approximate surface area is 317 Å². The van der Waals surface area contributed by atoms with Gasteiger partial charge in [-0.05, 0) is 68.7 Å². The van der Waals surface area contributed by atoms with E-state index >= 15 is 0 Å². The van der Waals surface area contributed by atoms with Crippen molar-refractivity contribution in [1.29, 1.82) is 0 Å². The Morgan fingerprint density at radius 3 is 2.27 bits per heavy atom. The molecule has 0 unspecified atom stereocenters. The number of aryl methyl sites for hydroxylation is 3. The molecule has 13 nitrogen and oxygen atoms in total. The van der Waals surface area contributed by atoms with Gasteiger partial charge in [0.05, 0.1) is 64.5 Å². The fourth-order valence-corrected chi connectivity index (χ4v) is 8.17. The predicted octanol–water partition coefficient (Wildman–Crippen LogP) is 7.38. The van der Waals surface area contributed by atoms with Crippen LogP contribution < -0.4 is 21.3 Å². The van der Waals surface area contributed by atoms with Crippen LogP contribution in [0, 0.1) is 0 Å². The van der Waals surface area contributed by atoms with Gasteiger partial charge in [0.25, 0.3) is 0 Å². The van der Waals surface area contributed by atoms with Crippen molar-refractivity contribution < 1.29 is 9.59 Å². The van der Waals surface area contributed by atoms with Crippen LogP contribution in [0.15, 0.2) is 79.3 Å². The molecular weight excluding hydrogens is 691 g/mol. The number of hydrogen-bond donors (Lipinski definition) is 4. The third-order valence-corrected chi connectivity index (χ3v) is 11.0. The highest BCUT2D eigenvalue weighted by molar-refractivity contribution is 6.03. The van der Waals surface area contributed by atoms with E-state index in [2.05, 4.69) is 74.6 Å². The summed E-state index contributed by atoms with van der Waals surface area (Å²) in [5.74, 6) is 0.482. The first-order valence-corrected chi connectivity index (χ1v) is 19.0. The van der Waals surface area contributed by atoms with Crippen molar-refractivity contribution in [2.45, 2.75) is 70.6 Å². The maximum Gasteiger partial charge on any atom is 0.226 e. The minimum atomic E-state index is -0.0252. The molecular formula is C42H41N11O2. The number of para-hydroxylation sites is 1. The normalized spacial score (nSPS) is 18.2. The molecule has 276 valence electrons. The second kappa shape index (κ2) is 12.8. The van der Waals surface area contributed by atoms with Crippen LogP contribution in [0.2, 0.25) is 0 Å². The molecule has 3 aromatic carbocycles. The van der Waals surface area contributed by atoms with E-state index in [-0.39, 0.29) is 23.9 Å². The third kappa shape index (κ3) is 5.96. The first-order valence-electron chi connectivity index (χ1n) is 19.0. The SMILES string of the molecule is C[C@@H]1CC(=O)Nc2cccc(-c3ccc4c(c3)c(C3CC3)nn4CCn3cc(-c4nn(C)c5ccc(-c6nccc7c6N[C@H](C)CC(=O)N7)cc45)cn3)c2N1. The lowest BCUT2D eigenvalue weighted by Gasteiger charge is -2.17. The molecule has 0 radical (unpaired) electrons. The summed E-state index contributed by atoms with van der Waals surface area (Å²) in [7, 11) is 1.95. The van der Waals surface area contributed by atoms with Gasteiger partial charge in [0.1, 0.15) is 5.69 Å². The van der Waals surface area contributed by atoms with E-state index in [4.69, 9.17) is 20.3 Å². The third-order valence-electron chi connectivity index (χ3n) is 11.0. The lowest BCUT2D eigenvalue weighted by molar-refractivity contribution is -0.117. The first-order chi connectivity index (χ1) is 26.8. The number of amides is 2. The Hall–Kier alpha value is -6.50. The van der Waals surface area contributed by atoms with E-state index in [9.17, 15) is 9.59 Å². The number of rotatable bonds is 7. The molecule has 1 aliphatic carbocycles. The smallest absolute Gasteiger partial charge is 0.226 e. The van der Waals surface area contributed by atoms with Crippen molar-refractivity contribution in [3.8, 4) is 33.6 Å². The molecule has 4 aromatic heterocycles. The molecule has 55 heavy (non-hydrogen) atoms. The Morgan fingerprint density at radius 2 is 1.47 bits per heavy atom. The molecule has 2 atom stereocenters. The first kappa shape index (κ1) is 33.1. The fraction of sp³-hybridized carbons (Fsp3) is 0.286. The summed E-state index contributed by atoms with van der Waals surface area (Å²) in [5.41, 5.74) is 12.2. The van der Waals surface area contributed by atoms with E-state index in [1.54, 1.807) is 6.20 Å². The monoisotopic (exact) mass is 731 g/mol. The topological polar surface area (TPSA) is 149 Å². The number of benzene rings is 3. The Morgan fingerprint density at radius 1 is 0.745 bits per heavy atom. The minimum Gasteiger partial charge on any atom is -0.380 e. The van der Waals surface area contributed by atoms with Crippen LogP contribution in [0.3, 0.4) is 0 Å². The number of anilines is 4. The molecule has 0 bridgehead atoms. The van der Waals surface area contributed by atoms with Gasteiger partial charge in [-0.15, -0.1) is 0 Å². The minimum absolute atomic E-state index is 0.0154. The molecule has 0 saturated heterocycles. The summed E-state index contributed by atoms with van der Waals surface area (Å²) in [6, 6.07) is 20.8. The highest BCUT2D eigenvalue weighted by Crippen LogP contribution is 2.45. The molecule has 13 heteroatoms. The average Bonchev–Trinajstić information content (AvgIpc) is 3.75. The summed E-state index contributed by atoms with van der Waals surface area (Å²) in [4.78, 5) is 29.6. The van der Waals surface area contributed by atoms with Crippen molar-refractivity contribution >= 4 is 56.4 Å². The molecule has 2 aliphatic heterocycles.